The van der Waals surface area contributed by atoms with Crippen LogP contribution < -0.4 is 5.11 Å². The highest BCUT2D eigenvalue weighted by Crippen LogP contribution is 2.30. The number of nitrogens with zero attached hydrogens (tertiary/aromatic N) is 6. The maximum absolute atomic E-state index is 11.6. The predicted octanol–water partition coefficient (Wildman–Crippen LogP) is 3.67. The number of hydrogen-bond donors (Lipinski definition) is 1. The average molecular weight is 493 g/mol. The molecule has 9 heteroatoms. The fourth-order valence-electron chi connectivity index (χ4n) is 4.34. The molecule has 3 aromatic heterocycles. The smallest absolute Gasteiger partial charge is 0.205 e. The number of aryl methyl sites for hydroxylation is 1. The molecular weight excluding hydrogens is 466 g/mol. The maximum Gasteiger partial charge on any atom is 0.205 e. The molecule has 1 N–H and O–H groups in total. The molecule has 5 aromatic rings. The number of carboxylic acid groups (broad SMARTS) is 1. The number of imidazole rings is 1. The zero-order valence-electron chi connectivity index (χ0n) is 20.6. The number of rotatable bonds is 9. The molecule has 0 bridgehead atoms. The van der Waals surface area contributed by atoms with Gasteiger partial charge in [-0.05, 0) is 59.0 Å². The molecule has 0 spiro atoms. The molecule has 186 valence electrons. The molecule has 0 fully saturated rings. The minimum absolute atomic E-state index is 0.144. The molecule has 0 unspecified atom stereocenters. The second kappa shape index (κ2) is 10.4. The first kappa shape index (κ1) is 23.9. The van der Waals surface area contributed by atoms with E-state index in [1.165, 1.54) is 0 Å². The first-order valence-corrected chi connectivity index (χ1v) is 12.1. The summed E-state index contributed by atoms with van der Waals surface area (Å²) in [6, 6.07) is 20.1. The summed E-state index contributed by atoms with van der Waals surface area (Å²) < 4.78 is 4.00. The van der Waals surface area contributed by atoms with Gasteiger partial charge in [-0.1, -0.05) is 55.5 Å². The number of aromatic nitrogens is 7. The van der Waals surface area contributed by atoms with E-state index in [1.54, 1.807) is 13.0 Å². The van der Waals surface area contributed by atoms with Crippen molar-refractivity contribution in [2.75, 3.05) is 0 Å². The van der Waals surface area contributed by atoms with Gasteiger partial charge in [0.1, 0.15) is 5.82 Å². The summed E-state index contributed by atoms with van der Waals surface area (Å²) in [5.41, 5.74) is 4.87. The van der Waals surface area contributed by atoms with Gasteiger partial charge in [-0.2, -0.15) is 5.21 Å². The van der Waals surface area contributed by atoms with Gasteiger partial charge >= 0.3 is 0 Å². The van der Waals surface area contributed by atoms with Crippen LogP contribution in [0, 0.1) is 0 Å². The van der Waals surface area contributed by atoms with Crippen molar-refractivity contribution in [3.8, 4) is 28.3 Å². The van der Waals surface area contributed by atoms with Crippen LogP contribution in [0.15, 0.2) is 78.6 Å². The summed E-state index contributed by atoms with van der Waals surface area (Å²) in [6.45, 7) is 4.19. The molecule has 3 heterocycles. The van der Waals surface area contributed by atoms with Crippen molar-refractivity contribution >= 4 is 12.0 Å². The van der Waals surface area contributed by atoms with Crippen molar-refractivity contribution in [1.82, 2.24) is 34.7 Å². The Kier molecular flexibility index (Phi) is 6.76. The van der Waals surface area contributed by atoms with Crippen molar-refractivity contribution < 1.29 is 9.90 Å². The molecule has 0 aliphatic carbocycles. The Labute approximate surface area is 214 Å². The molecule has 2 aromatic carbocycles. The van der Waals surface area contributed by atoms with Crippen LogP contribution in [0.3, 0.4) is 0 Å². The molecule has 0 radical (unpaired) electrons. The Morgan fingerprint density at radius 2 is 1.76 bits per heavy atom. The lowest BCUT2D eigenvalue weighted by molar-refractivity contribution is -0.299. The lowest BCUT2D eigenvalue weighted by atomic mass is 9.98. The van der Waals surface area contributed by atoms with Crippen molar-refractivity contribution in [3.63, 3.8) is 0 Å². The van der Waals surface area contributed by atoms with E-state index in [0.29, 0.717) is 18.2 Å². The van der Waals surface area contributed by atoms with Crippen LogP contribution in [0.1, 0.15) is 37.4 Å². The van der Waals surface area contributed by atoms with E-state index in [2.05, 4.69) is 56.4 Å². The minimum Gasteiger partial charge on any atom is -0.545 e. The number of benzene rings is 2. The highest BCUT2D eigenvalue weighted by Gasteiger charge is 2.18. The Hall–Kier alpha value is -4.79. The van der Waals surface area contributed by atoms with Gasteiger partial charge in [-0.3, -0.25) is 0 Å². The third-order valence-electron chi connectivity index (χ3n) is 6.18. The molecule has 0 amide bonds. The van der Waals surface area contributed by atoms with E-state index < -0.39 is 5.97 Å². The predicted molar refractivity (Wildman–Crippen MR) is 138 cm³/mol. The fraction of sp³-hybridized carbons (Fsp3) is 0.179. The molecule has 0 saturated carbocycles. The minimum atomic E-state index is -1.20. The zero-order chi connectivity index (χ0) is 25.8. The van der Waals surface area contributed by atoms with Crippen molar-refractivity contribution in [3.05, 3.63) is 95.7 Å². The van der Waals surface area contributed by atoms with Gasteiger partial charge in [0.15, 0.2) is 5.82 Å². The van der Waals surface area contributed by atoms with Gasteiger partial charge < -0.3 is 19.0 Å². The highest BCUT2D eigenvalue weighted by atomic mass is 16.4. The number of tetrazole rings is 1. The molecule has 37 heavy (non-hydrogen) atoms. The van der Waals surface area contributed by atoms with Crippen LogP contribution in [-0.2, 0) is 17.8 Å². The van der Waals surface area contributed by atoms with E-state index in [1.807, 2.05) is 53.4 Å². The lowest BCUT2D eigenvalue weighted by Gasteiger charge is -2.13. The van der Waals surface area contributed by atoms with Gasteiger partial charge in [0.25, 0.3) is 0 Å². The summed E-state index contributed by atoms with van der Waals surface area (Å²) in [4.78, 5) is 16.5. The summed E-state index contributed by atoms with van der Waals surface area (Å²) in [6.07, 6.45) is 7.14. The number of carboxylic acids is 1. The van der Waals surface area contributed by atoms with Crippen molar-refractivity contribution in [1.29, 1.82) is 0 Å². The first-order chi connectivity index (χ1) is 18.0. The highest BCUT2D eigenvalue weighted by molar-refractivity contribution is 5.90. The number of aromatic amines is 1. The summed E-state index contributed by atoms with van der Waals surface area (Å²) in [5.74, 6) is 0.933. The van der Waals surface area contributed by atoms with Gasteiger partial charge in [0.05, 0.1) is 11.7 Å². The van der Waals surface area contributed by atoms with E-state index in [4.69, 9.17) is 4.98 Å². The number of H-pyrrole nitrogens is 1. The van der Waals surface area contributed by atoms with Gasteiger partial charge in [-0.25, -0.2) is 4.98 Å². The van der Waals surface area contributed by atoms with E-state index in [9.17, 15) is 9.90 Å². The zero-order valence-corrected chi connectivity index (χ0v) is 20.6. The van der Waals surface area contributed by atoms with Crippen LogP contribution in [0.2, 0.25) is 0 Å². The molecule has 5 rings (SSSR count). The third-order valence-corrected chi connectivity index (χ3v) is 6.18. The van der Waals surface area contributed by atoms with Crippen molar-refractivity contribution in [2.45, 2.75) is 33.2 Å². The Bertz CT molecular complexity index is 1530. The molecule has 0 aliphatic rings. The van der Waals surface area contributed by atoms with Crippen LogP contribution >= 0.6 is 0 Å². The molecule has 9 nitrogen and oxygen atoms in total. The number of aliphatic carboxylic acids is 1. The van der Waals surface area contributed by atoms with E-state index in [-0.39, 0.29) is 5.57 Å². The lowest BCUT2D eigenvalue weighted by Crippen LogP contribution is -2.23. The third kappa shape index (κ3) is 4.97. The largest absolute Gasteiger partial charge is 0.545 e. The summed E-state index contributed by atoms with van der Waals surface area (Å²) in [7, 11) is 0. The second-order valence-electron chi connectivity index (χ2n) is 8.76. The molecule has 0 atom stereocenters. The van der Waals surface area contributed by atoms with Crippen LogP contribution in [0.25, 0.3) is 34.4 Å². The normalized spacial score (nSPS) is 11.7. The number of hydrogen-bond acceptors (Lipinski definition) is 6. The van der Waals surface area contributed by atoms with Gasteiger partial charge in [0, 0.05) is 30.9 Å². The Balaban J connectivity index is 1.54. The maximum atomic E-state index is 11.6. The number of nitrogens with one attached hydrogen (secondary N) is 1. The molecule has 0 saturated heterocycles. The Morgan fingerprint density at radius 3 is 2.41 bits per heavy atom. The van der Waals surface area contributed by atoms with E-state index in [0.717, 1.165) is 46.6 Å². The quantitative estimate of drug-likeness (QED) is 0.314. The standard InChI is InChI=1S/C28H27N7O2/c1-3-8-25-29-27(34-15-6-7-16-34)24(17-19(2)28(36)37)35(25)18-20-11-13-21(14-12-20)22-9-4-5-10-23(22)26-30-32-33-31-26/h4-7,9-17H,3,8,18H2,1-2H3,(H,36,37)(H,30,31,32,33)/p-1/b19-17+. The first-order valence-electron chi connectivity index (χ1n) is 12.1. The van der Waals surface area contributed by atoms with Gasteiger partial charge in [0.2, 0.25) is 5.82 Å². The number of carbonyl (C=O) groups is 1. The average Bonchev–Trinajstić information content (AvgIpc) is 3.68. The fourth-order valence-corrected chi connectivity index (χ4v) is 4.34. The van der Waals surface area contributed by atoms with Crippen molar-refractivity contribution in [2.24, 2.45) is 0 Å². The molecule has 0 aliphatic heterocycles. The monoisotopic (exact) mass is 492 g/mol. The van der Waals surface area contributed by atoms with Crippen LogP contribution in [0.4, 0.5) is 0 Å². The summed E-state index contributed by atoms with van der Waals surface area (Å²) >= 11 is 0. The summed E-state index contributed by atoms with van der Waals surface area (Å²) in [5, 5.41) is 26.0. The Morgan fingerprint density at radius 1 is 1.03 bits per heavy atom. The molecular formula is C28H26N7O2-. The second-order valence-corrected chi connectivity index (χ2v) is 8.76. The number of carbonyl (C=O) groups excluding carboxylic acids is 1. The van der Waals surface area contributed by atoms with E-state index >= 15 is 0 Å². The SMILES string of the molecule is CCCc1nc(-n2cccc2)c(/C=C(\C)C(=O)[O-])n1Cc1ccc(-c2ccccc2-c2nn[nH]n2)cc1. The van der Waals surface area contributed by atoms with Gasteiger partial charge in [-0.15, -0.1) is 10.2 Å². The van der Waals surface area contributed by atoms with Crippen LogP contribution in [0.5, 0.6) is 0 Å². The topological polar surface area (TPSA) is 117 Å². The van der Waals surface area contributed by atoms with Crippen LogP contribution in [-0.4, -0.2) is 40.7 Å².